The fourth-order valence-electron chi connectivity index (χ4n) is 4.09. The maximum Gasteiger partial charge on any atom is 0.272 e. The summed E-state index contributed by atoms with van der Waals surface area (Å²) in [5, 5.41) is 3.12. The molecule has 1 amide bonds. The number of alkyl halides is 1. The zero-order chi connectivity index (χ0) is 21.1. The second kappa shape index (κ2) is 8.81. The van der Waals surface area contributed by atoms with Crippen LogP contribution in [0.4, 0.5) is 4.39 Å². The number of unbranched alkanes of at least 4 members (excludes halogenated alkanes) is 3. The number of rotatable bonds is 8. The van der Waals surface area contributed by atoms with Gasteiger partial charge in [-0.3, -0.25) is 19.1 Å². The lowest BCUT2D eigenvalue weighted by atomic mass is 9.95. The van der Waals surface area contributed by atoms with Crippen LogP contribution in [-0.2, 0) is 6.42 Å². The Kier molecular flexibility index (Phi) is 5.97. The molecular formula is C23H27FN4O2. The maximum atomic E-state index is 13.3. The van der Waals surface area contributed by atoms with E-state index in [4.69, 9.17) is 0 Å². The van der Waals surface area contributed by atoms with E-state index in [0.717, 1.165) is 30.4 Å². The minimum Gasteiger partial charge on any atom is -0.338 e. The summed E-state index contributed by atoms with van der Waals surface area (Å²) in [7, 11) is 0. The third-order valence-corrected chi connectivity index (χ3v) is 5.81. The molecule has 2 aromatic heterocycles. The number of carbonyl (C=O) groups is 1. The average Bonchev–Trinajstić information content (AvgIpc) is 3.11. The van der Waals surface area contributed by atoms with Crippen LogP contribution in [0.25, 0.3) is 16.9 Å². The van der Waals surface area contributed by atoms with Crippen LogP contribution in [-0.4, -0.2) is 45.2 Å². The van der Waals surface area contributed by atoms with E-state index in [9.17, 15) is 14.0 Å². The molecule has 0 saturated carbocycles. The summed E-state index contributed by atoms with van der Waals surface area (Å²) in [6, 6.07) is 9.33. The number of fused-ring (bicyclic) bond motifs is 1. The van der Waals surface area contributed by atoms with Gasteiger partial charge in [0.05, 0.1) is 12.4 Å². The van der Waals surface area contributed by atoms with Gasteiger partial charge in [-0.05, 0) is 18.4 Å². The van der Waals surface area contributed by atoms with Gasteiger partial charge in [-0.25, -0.2) is 9.50 Å². The van der Waals surface area contributed by atoms with Crippen LogP contribution in [0.2, 0.25) is 0 Å². The molecule has 0 unspecified atom stereocenters. The molecule has 4 rings (SSSR count). The third kappa shape index (κ3) is 3.76. The van der Waals surface area contributed by atoms with Crippen LogP contribution in [0.1, 0.15) is 48.5 Å². The van der Waals surface area contributed by atoms with Crippen molar-refractivity contribution in [2.45, 2.75) is 39.0 Å². The van der Waals surface area contributed by atoms with Crippen molar-refractivity contribution in [3.63, 3.8) is 0 Å². The van der Waals surface area contributed by atoms with Crippen molar-refractivity contribution in [2.75, 3.05) is 19.8 Å². The summed E-state index contributed by atoms with van der Waals surface area (Å²) < 4.78 is 14.2. The molecular weight excluding hydrogens is 383 g/mol. The molecule has 0 radical (unpaired) electrons. The van der Waals surface area contributed by atoms with Crippen LogP contribution < -0.4 is 5.56 Å². The Labute approximate surface area is 174 Å². The van der Waals surface area contributed by atoms with Gasteiger partial charge in [-0.15, -0.1) is 0 Å². The lowest BCUT2D eigenvalue weighted by Gasteiger charge is -2.37. The van der Waals surface area contributed by atoms with Gasteiger partial charge < -0.3 is 4.90 Å². The van der Waals surface area contributed by atoms with Gasteiger partial charge in [0.1, 0.15) is 5.56 Å². The SMILES string of the molecule is CCCCCCc1ccccc1-c1[nH]n2c(=O)ccnc2c1C(=O)N1CC(CF)C1. The summed E-state index contributed by atoms with van der Waals surface area (Å²) in [6.45, 7) is 2.54. The van der Waals surface area contributed by atoms with Crippen molar-refractivity contribution in [3.05, 3.63) is 58.0 Å². The topological polar surface area (TPSA) is 70.5 Å². The fourth-order valence-corrected chi connectivity index (χ4v) is 4.09. The summed E-state index contributed by atoms with van der Waals surface area (Å²) in [4.78, 5) is 31.6. The molecule has 3 aromatic rings. The zero-order valence-corrected chi connectivity index (χ0v) is 17.2. The number of halogens is 1. The van der Waals surface area contributed by atoms with Gasteiger partial charge >= 0.3 is 0 Å². The molecule has 6 nitrogen and oxygen atoms in total. The van der Waals surface area contributed by atoms with Gasteiger partial charge in [-0.2, -0.15) is 0 Å². The van der Waals surface area contributed by atoms with Gasteiger partial charge in [0.25, 0.3) is 11.5 Å². The van der Waals surface area contributed by atoms with E-state index < -0.39 is 6.67 Å². The molecule has 3 heterocycles. The first-order chi connectivity index (χ1) is 14.6. The number of amides is 1. The Hall–Kier alpha value is -2.96. The number of benzene rings is 1. The highest BCUT2D eigenvalue weighted by Crippen LogP contribution is 2.31. The molecule has 7 heteroatoms. The number of aromatic nitrogens is 3. The monoisotopic (exact) mass is 410 g/mol. The number of nitrogens with zero attached hydrogens (tertiary/aromatic N) is 3. The van der Waals surface area contributed by atoms with E-state index in [-0.39, 0.29) is 17.4 Å². The van der Waals surface area contributed by atoms with Crippen molar-refractivity contribution in [2.24, 2.45) is 5.92 Å². The minimum atomic E-state index is -0.428. The highest BCUT2D eigenvalue weighted by atomic mass is 19.1. The number of H-pyrrole nitrogens is 1. The second-order valence-corrected chi connectivity index (χ2v) is 8.00. The van der Waals surface area contributed by atoms with Crippen molar-refractivity contribution >= 4 is 11.6 Å². The molecule has 1 aliphatic rings. The number of hydrogen-bond acceptors (Lipinski definition) is 3. The first kappa shape index (κ1) is 20.3. The highest BCUT2D eigenvalue weighted by Gasteiger charge is 2.34. The quantitative estimate of drug-likeness (QED) is 0.574. The van der Waals surface area contributed by atoms with Crippen LogP contribution in [0.3, 0.4) is 0 Å². The molecule has 0 spiro atoms. The van der Waals surface area contributed by atoms with E-state index in [0.29, 0.717) is 30.0 Å². The Bertz CT molecular complexity index is 1100. The summed E-state index contributed by atoms with van der Waals surface area (Å²) >= 11 is 0. The standard InChI is InChI=1S/C23H27FN4O2/c1-2-3-4-5-8-17-9-6-7-10-18(17)21-20(23(30)27-14-16(13-24)15-27)22-25-12-11-19(29)28(22)26-21/h6-7,9-12,16,26H,2-5,8,13-15H2,1H3. The number of hydrogen-bond donors (Lipinski definition) is 1. The summed E-state index contributed by atoms with van der Waals surface area (Å²) in [6.07, 6.45) is 6.91. The van der Waals surface area contributed by atoms with Crippen molar-refractivity contribution in [3.8, 4) is 11.3 Å². The van der Waals surface area contributed by atoms with E-state index in [1.54, 1.807) is 4.90 Å². The molecule has 30 heavy (non-hydrogen) atoms. The van der Waals surface area contributed by atoms with Gasteiger partial charge in [-0.1, -0.05) is 50.5 Å². The molecule has 1 aromatic carbocycles. The third-order valence-electron chi connectivity index (χ3n) is 5.81. The zero-order valence-electron chi connectivity index (χ0n) is 17.2. The molecule has 158 valence electrons. The lowest BCUT2D eigenvalue weighted by Crippen LogP contribution is -2.50. The molecule has 0 aliphatic carbocycles. The molecule has 0 atom stereocenters. The number of carbonyl (C=O) groups excluding carboxylic acids is 1. The normalized spacial score (nSPS) is 14.3. The summed E-state index contributed by atoms with van der Waals surface area (Å²) in [5.41, 5.74) is 3.06. The molecule has 0 bridgehead atoms. The van der Waals surface area contributed by atoms with Crippen molar-refractivity contribution in [1.82, 2.24) is 19.5 Å². The van der Waals surface area contributed by atoms with Crippen LogP contribution in [0, 0.1) is 5.92 Å². The smallest absolute Gasteiger partial charge is 0.272 e. The Morgan fingerprint density at radius 1 is 1.20 bits per heavy atom. The first-order valence-corrected chi connectivity index (χ1v) is 10.7. The second-order valence-electron chi connectivity index (χ2n) is 8.00. The van der Waals surface area contributed by atoms with Gasteiger partial charge in [0.15, 0.2) is 5.65 Å². The number of aromatic amines is 1. The molecule has 1 fully saturated rings. The average molecular weight is 410 g/mol. The number of nitrogens with one attached hydrogen (secondary N) is 1. The van der Waals surface area contributed by atoms with E-state index in [2.05, 4.69) is 23.1 Å². The van der Waals surface area contributed by atoms with E-state index >= 15 is 0 Å². The summed E-state index contributed by atoms with van der Waals surface area (Å²) in [5.74, 6) is -0.323. The van der Waals surface area contributed by atoms with Crippen LogP contribution in [0.5, 0.6) is 0 Å². The predicted molar refractivity (Wildman–Crippen MR) is 114 cm³/mol. The van der Waals surface area contributed by atoms with Crippen molar-refractivity contribution in [1.29, 1.82) is 0 Å². The lowest BCUT2D eigenvalue weighted by molar-refractivity contribution is 0.0455. The first-order valence-electron chi connectivity index (χ1n) is 10.7. The molecule has 1 aliphatic heterocycles. The maximum absolute atomic E-state index is 13.3. The molecule has 1 N–H and O–H groups in total. The van der Waals surface area contributed by atoms with Crippen molar-refractivity contribution < 1.29 is 9.18 Å². The predicted octanol–water partition coefficient (Wildman–Crippen LogP) is 3.85. The van der Waals surface area contributed by atoms with Gasteiger partial charge in [0, 0.05) is 36.8 Å². The number of aryl methyl sites for hydroxylation is 1. The number of likely N-dealkylation sites (tertiary alicyclic amines) is 1. The Morgan fingerprint density at radius 3 is 2.77 bits per heavy atom. The largest absolute Gasteiger partial charge is 0.338 e. The van der Waals surface area contributed by atoms with Gasteiger partial charge in [0.2, 0.25) is 0 Å². The van der Waals surface area contributed by atoms with Crippen LogP contribution >= 0.6 is 0 Å². The fraction of sp³-hybridized carbons (Fsp3) is 0.435. The van der Waals surface area contributed by atoms with E-state index in [1.807, 2.05) is 18.2 Å². The Balaban J connectivity index is 1.77. The molecule has 1 saturated heterocycles. The van der Waals surface area contributed by atoms with Crippen LogP contribution in [0.15, 0.2) is 41.3 Å². The van der Waals surface area contributed by atoms with E-state index in [1.165, 1.54) is 29.6 Å². The Morgan fingerprint density at radius 2 is 2.00 bits per heavy atom. The highest BCUT2D eigenvalue weighted by molar-refractivity contribution is 6.06. The minimum absolute atomic E-state index is 0.107.